The summed E-state index contributed by atoms with van der Waals surface area (Å²) < 4.78 is 133. The third-order valence-electron chi connectivity index (χ3n) is 10.8. The molecule has 4 aromatic carbocycles. The summed E-state index contributed by atoms with van der Waals surface area (Å²) in [6.45, 7) is 6.69. The van der Waals surface area contributed by atoms with E-state index in [1.165, 1.54) is 87.2 Å². The summed E-state index contributed by atoms with van der Waals surface area (Å²) in [6, 6.07) is 15.7. The Morgan fingerprint density at radius 2 is 0.869 bits per heavy atom. The van der Waals surface area contributed by atoms with Crippen molar-refractivity contribution >= 4 is 23.3 Å². The van der Waals surface area contributed by atoms with Crippen molar-refractivity contribution < 1.29 is 49.3 Å². The van der Waals surface area contributed by atoms with Gasteiger partial charge in [0.05, 0.1) is 30.9 Å². The summed E-state index contributed by atoms with van der Waals surface area (Å²) in [5, 5.41) is 0. The average molecular weight is 859 g/mol. The third kappa shape index (κ3) is 15.0. The van der Waals surface area contributed by atoms with Crippen LogP contribution >= 0.6 is 0 Å². The molecule has 332 valence electrons. The molecule has 0 spiro atoms. The molecule has 1 atom stereocenters. The van der Waals surface area contributed by atoms with Gasteiger partial charge in [0, 0.05) is 11.1 Å². The third-order valence-corrected chi connectivity index (χ3v) is 10.8. The molecule has 61 heavy (non-hydrogen) atoms. The van der Waals surface area contributed by atoms with Crippen molar-refractivity contribution in [1.82, 2.24) is 0 Å². The molecule has 0 amide bonds. The molecule has 1 unspecified atom stereocenters. The zero-order valence-electron chi connectivity index (χ0n) is 35.5. The molecule has 0 aliphatic carbocycles. The van der Waals surface area contributed by atoms with E-state index in [4.69, 9.17) is 14.2 Å². The Labute approximate surface area is 355 Å². The standard InChI is InChI=1S/C50H58F8O3/c1-4-6-31-61-42-30-29-41(49(57)50(42)58)48(56)45(53)37-22-26-39(27-23-37)60-33-16-12-8-10-14-18-35(5-2)17-13-9-7-11-15-32-59-38-24-20-36(21-25-38)44(52)47(55)40-28-19-34(3)43(51)46(40)54/h19-30,35H,4-18,31-33H2,1-3H3/b47-44+,48-45+. The predicted molar refractivity (Wildman–Crippen MR) is 229 cm³/mol. The summed E-state index contributed by atoms with van der Waals surface area (Å²) in [6.07, 6.45) is 15.7. The summed E-state index contributed by atoms with van der Waals surface area (Å²) in [5.74, 6) is -9.63. The van der Waals surface area contributed by atoms with Crippen LogP contribution in [-0.4, -0.2) is 19.8 Å². The number of aryl methyl sites for hydroxylation is 1. The second-order valence-corrected chi connectivity index (χ2v) is 15.4. The first-order chi connectivity index (χ1) is 29.5. The van der Waals surface area contributed by atoms with E-state index in [2.05, 4.69) is 6.92 Å². The smallest absolute Gasteiger partial charge is 0.201 e. The summed E-state index contributed by atoms with van der Waals surface area (Å²) in [4.78, 5) is 0. The van der Waals surface area contributed by atoms with Gasteiger partial charge in [0.2, 0.25) is 5.82 Å². The highest BCUT2D eigenvalue weighted by atomic mass is 19.2. The first-order valence-electron chi connectivity index (χ1n) is 21.6. The Morgan fingerprint density at radius 1 is 0.443 bits per heavy atom. The Kier molecular flexibility index (Phi) is 20.7. The van der Waals surface area contributed by atoms with Crippen LogP contribution in [0.15, 0.2) is 72.8 Å². The van der Waals surface area contributed by atoms with Crippen LogP contribution in [0.25, 0.3) is 23.3 Å². The number of benzene rings is 4. The van der Waals surface area contributed by atoms with Gasteiger partial charge in [-0.1, -0.05) is 97.0 Å². The first-order valence-corrected chi connectivity index (χ1v) is 21.6. The average Bonchev–Trinajstić information content (AvgIpc) is 3.27. The molecule has 3 nitrogen and oxygen atoms in total. The monoisotopic (exact) mass is 858 g/mol. The van der Waals surface area contributed by atoms with Crippen LogP contribution in [0.1, 0.15) is 138 Å². The molecular formula is C50H58F8O3. The molecule has 0 aliphatic heterocycles. The number of halogens is 8. The summed E-state index contributed by atoms with van der Waals surface area (Å²) in [5.41, 5.74) is -1.78. The van der Waals surface area contributed by atoms with E-state index in [0.717, 1.165) is 82.4 Å². The number of rotatable bonds is 27. The van der Waals surface area contributed by atoms with Gasteiger partial charge in [-0.15, -0.1) is 0 Å². The molecule has 0 heterocycles. The topological polar surface area (TPSA) is 27.7 Å². The van der Waals surface area contributed by atoms with Crippen molar-refractivity contribution in [2.45, 2.75) is 117 Å². The van der Waals surface area contributed by atoms with Gasteiger partial charge < -0.3 is 14.2 Å². The Hall–Kier alpha value is -4.80. The molecule has 0 saturated carbocycles. The van der Waals surface area contributed by atoms with Gasteiger partial charge in [0.25, 0.3) is 0 Å². The molecular weight excluding hydrogens is 801 g/mol. The lowest BCUT2D eigenvalue weighted by Gasteiger charge is -2.14. The quantitative estimate of drug-likeness (QED) is 0.0340. The molecule has 0 radical (unpaired) electrons. The van der Waals surface area contributed by atoms with Crippen LogP contribution in [0.2, 0.25) is 0 Å². The van der Waals surface area contributed by atoms with Crippen LogP contribution in [0.5, 0.6) is 17.2 Å². The van der Waals surface area contributed by atoms with E-state index >= 15 is 0 Å². The van der Waals surface area contributed by atoms with E-state index in [-0.39, 0.29) is 29.0 Å². The molecule has 0 bridgehead atoms. The van der Waals surface area contributed by atoms with Crippen molar-refractivity contribution in [1.29, 1.82) is 0 Å². The predicted octanol–water partition coefficient (Wildman–Crippen LogP) is 16.4. The largest absolute Gasteiger partial charge is 0.494 e. The minimum absolute atomic E-state index is 0.00624. The highest BCUT2D eigenvalue weighted by molar-refractivity contribution is 5.84. The molecule has 11 heteroatoms. The lowest BCUT2D eigenvalue weighted by atomic mass is 9.92. The van der Waals surface area contributed by atoms with Gasteiger partial charge in [-0.05, 0) is 104 Å². The maximum Gasteiger partial charge on any atom is 0.201 e. The maximum atomic E-state index is 14.9. The van der Waals surface area contributed by atoms with Gasteiger partial charge in [0.1, 0.15) is 11.5 Å². The Morgan fingerprint density at radius 3 is 1.34 bits per heavy atom. The lowest BCUT2D eigenvalue weighted by molar-refractivity contribution is 0.288. The van der Waals surface area contributed by atoms with E-state index in [1.807, 2.05) is 6.92 Å². The number of hydrogen-bond donors (Lipinski definition) is 0. The van der Waals surface area contributed by atoms with Crippen molar-refractivity contribution in [2.75, 3.05) is 19.8 Å². The van der Waals surface area contributed by atoms with Crippen LogP contribution in [0.4, 0.5) is 35.1 Å². The fraction of sp³-hybridized carbons (Fsp3) is 0.440. The second-order valence-electron chi connectivity index (χ2n) is 15.4. The zero-order chi connectivity index (χ0) is 44.1. The molecule has 4 rings (SSSR count). The van der Waals surface area contributed by atoms with Crippen LogP contribution in [-0.2, 0) is 0 Å². The van der Waals surface area contributed by atoms with E-state index < -0.39 is 57.7 Å². The summed E-state index contributed by atoms with van der Waals surface area (Å²) >= 11 is 0. The zero-order valence-corrected chi connectivity index (χ0v) is 35.5. The molecule has 0 N–H and O–H groups in total. The minimum Gasteiger partial charge on any atom is -0.494 e. The van der Waals surface area contributed by atoms with E-state index in [9.17, 15) is 35.1 Å². The Bertz CT molecular complexity index is 2010. The van der Waals surface area contributed by atoms with Crippen molar-refractivity contribution in [3.63, 3.8) is 0 Å². The maximum absolute atomic E-state index is 14.9. The van der Waals surface area contributed by atoms with E-state index in [0.29, 0.717) is 37.1 Å². The normalized spacial score (nSPS) is 12.8. The minimum atomic E-state index is -1.51. The van der Waals surface area contributed by atoms with Crippen molar-refractivity contribution in [3.05, 3.63) is 124 Å². The molecule has 0 fully saturated rings. The highest BCUT2D eigenvalue weighted by Crippen LogP contribution is 2.35. The molecule has 0 aliphatic rings. The van der Waals surface area contributed by atoms with Gasteiger partial charge in [-0.2, -0.15) is 4.39 Å². The Balaban J connectivity index is 1.03. The van der Waals surface area contributed by atoms with Crippen molar-refractivity contribution in [2.24, 2.45) is 5.92 Å². The number of unbranched alkanes of at least 4 members (excludes halogenated alkanes) is 9. The number of ether oxygens (including phenoxy) is 3. The van der Waals surface area contributed by atoms with Crippen LogP contribution < -0.4 is 14.2 Å². The highest BCUT2D eigenvalue weighted by Gasteiger charge is 2.22. The van der Waals surface area contributed by atoms with Crippen LogP contribution in [0, 0.1) is 36.1 Å². The fourth-order valence-electron chi connectivity index (χ4n) is 6.90. The van der Waals surface area contributed by atoms with Crippen LogP contribution in [0.3, 0.4) is 0 Å². The lowest BCUT2D eigenvalue weighted by Crippen LogP contribution is -2.02. The van der Waals surface area contributed by atoms with Gasteiger partial charge in [-0.3, -0.25) is 0 Å². The van der Waals surface area contributed by atoms with Gasteiger partial charge in [0.15, 0.2) is 46.5 Å². The van der Waals surface area contributed by atoms with Crippen molar-refractivity contribution in [3.8, 4) is 17.2 Å². The molecule has 0 saturated heterocycles. The SMILES string of the molecule is CCCCOc1ccc(/C(F)=C(\F)c2ccc(OCCCCCCCC(CC)CCCCCCCOc3ccc(/C(F)=C(\F)c4ccc(C)c(F)c4F)cc3)cc2)c(F)c1F. The van der Waals surface area contributed by atoms with Gasteiger partial charge >= 0.3 is 0 Å². The fourth-order valence-corrected chi connectivity index (χ4v) is 6.90. The number of hydrogen-bond acceptors (Lipinski definition) is 3. The second kappa shape index (κ2) is 25.9. The van der Waals surface area contributed by atoms with E-state index in [1.54, 1.807) is 0 Å². The summed E-state index contributed by atoms with van der Waals surface area (Å²) in [7, 11) is 0. The molecule has 4 aromatic rings. The molecule has 0 aromatic heterocycles. The first kappa shape index (κ1) is 48.9. The van der Waals surface area contributed by atoms with Gasteiger partial charge in [-0.25, -0.2) is 30.7 Å².